The number of nitrogens with one attached hydrogen (secondary N) is 4. The predicted molar refractivity (Wildman–Crippen MR) is 230 cm³/mol. The van der Waals surface area contributed by atoms with Crippen LogP contribution in [0.1, 0.15) is 143 Å². The highest BCUT2D eigenvalue weighted by Gasteiger charge is 2.52. The molecule has 0 aromatic heterocycles. The molecule has 64 heavy (non-hydrogen) atoms. The van der Waals surface area contributed by atoms with Gasteiger partial charge in [0.25, 0.3) is 0 Å². The molecule has 2 rings (SSSR count). The van der Waals surface area contributed by atoms with Crippen LogP contribution >= 0.6 is 0 Å². The Morgan fingerprint density at radius 1 is 0.656 bits per heavy atom. The molecule has 2 saturated heterocycles. The van der Waals surface area contributed by atoms with Gasteiger partial charge in [0.2, 0.25) is 29.5 Å². The standard InChI is InChI=1S/C43H77N5O16/c1-4-6-7-8-9-10-11-12-13-14-15-16-17-18-19-20-31(52)48-34-37(57)36(56)29(23-49)63-43(34)64-38-30(24-50)62-42(60)35(45-26(3)51)39(38)61-25-32(53)46-27(5-2)41(59)47-28(40(44)58)21-22-33(54)55/h27-30,34-39,42-43,49-50,56-57,60H,4-25H2,1-3H3,(H2,44,58)(H,45,51)(H,46,53)(H,47,59)(H,48,52)(H,54,55)/t27-,28+,29+,30+,34+,35+,36+,37+,38+,39+,42?,43-/m0/s1. The zero-order chi connectivity index (χ0) is 47.6. The maximum Gasteiger partial charge on any atom is 0.303 e. The fourth-order valence-corrected chi connectivity index (χ4v) is 7.83. The smallest absolute Gasteiger partial charge is 0.303 e. The molecular formula is C43H77N5O16. The Morgan fingerprint density at radius 2 is 1.22 bits per heavy atom. The lowest BCUT2D eigenvalue weighted by Crippen LogP contribution is -2.69. The van der Waals surface area contributed by atoms with E-state index in [2.05, 4.69) is 28.2 Å². The Labute approximate surface area is 376 Å². The van der Waals surface area contributed by atoms with Gasteiger partial charge in [-0.2, -0.15) is 0 Å². The van der Waals surface area contributed by atoms with Crippen molar-refractivity contribution in [1.29, 1.82) is 0 Å². The Kier molecular flexibility index (Phi) is 27.8. The SMILES string of the molecule is CCCCCCCCCCCCCCCCCC(=O)N[C@H]1[C@H](O[C@H]2[C@H](OCC(=O)N[C@@H](CC)C(=O)N[C@H](CCC(=O)O)C(N)=O)[C@@H](NC(C)=O)C(O)O[C@@H]2CO)O[C@H](CO)[C@@H](O)[C@@H]1O. The summed E-state index contributed by atoms with van der Waals surface area (Å²) in [4.78, 5) is 74.5. The zero-order valence-electron chi connectivity index (χ0n) is 37.8. The summed E-state index contributed by atoms with van der Waals surface area (Å²) < 4.78 is 23.5. The Balaban J connectivity index is 2.10. The maximum absolute atomic E-state index is 13.2. The molecule has 2 aliphatic heterocycles. The van der Waals surface area contributed by atoms with E-state index in [1.54, 1.807) is 6.92 Å². The van der Waals surface area contributed by atoms with E-state index >= 15 is 0 Å². The topological polar surface area (TPSA) is 335 Å². The van der Waals surface area contributed by atoms with Gasteiger partial charge in [0, 0.05) is 19.8 Å². The minimum absolute atomic E-state index is 0.0105. The number of carboxylic acids is 1. The van der Waals surface area contributed by atoms with Crippen LogP contribution in [0.5, 0.6) is 0 Å². The van der Waals surface area contributed by atoms with Crippen molar-refractivity contribution < 1.29 is 78.4 Å². The molecule has 1 unspecified atom stereocenters. The first kappa shape index (κ1) is 56.6. The number of ether oxygens (including phenoxy) is 4. The number of aliphatic hydroxyl groups is 5. The molecule has 0 saturated carbocycles. The number of aliphatic carboxylic acids is 1. The summed E-state index contributed by atoms with van der Waals surface area (Å²) in [6.07, 6.45) is 3.82. The van der Waals surface area contributed by atoms with Crippen LogP contribution in [0.2, 0.25) is 0 Å². The van der Waals surface area contributed by atoms with Crippen molar-refractivity contribution in [2.75, 3.05) is 19.8 Å². The second kappa shape index (κ2) is 31.4. The average molecular weight is 920 g/mol. The van der Waals surface area contributed by atoms with Gasteiger partial charge in [-0.1, -0.05) is 104 Å². The van der Waals surface area contributed by atoms with Crippen molar-refractivity contribution in [2.24, 2.45) is 5.73 Å². The molecule has 0 aliphatic carbocycles. The third kappa shape index (κ3) is 20.3. The molecule has 5 amide bonds. The first-order chi connectivity index (χ1) is 30.6. The fourth-order valence-electron chi connectivity index (χ4n) is 7.83. The number of carbonyl (C=O) groups excluding carboxylic acids is 5. The number of rotatable bonds is 33. The van der Waals surface area contributed by atoms with E-state index in [9.17, 15) is 54.3 Å². The maximum atomic E-state index is 13.2. The van der Waals surface area contributed by atoms with E-state index in [0.717, 1.165) is 32.6 Å². The third-order valence-electron chi connectivity index (χ3n) is 11.5. The number of unbranched alkanes of at least 4 members (excludes halogenated alkanes) is 14. The first-order valence-corrected chi connectivity index (χ1v) is 23.1. The molecule has 0 radical (unpaired) electrons. The summed E-state index contributed by atoms with van der Waals surface area (Å²) in [5.74, 6) is -5.10. The molecule has 0 aromatic rings. The van der Waals surface area contributed by atoms with Crippen LogP contribution < -0.4 is 27.0 Å². The van der Waals surface area contributed by atoms with E-state index < -0.39 is 135 Å². The molecule has 21 nitrogen and oxygen atoms in total. The number of hydrogen-bond donors (Lipinski definition) is 11. The summed E-state index contributed by atoms with van der Waals surface area (Å²) in [7, 11) is 0. The second-order valence-electron chi connectivity index (χ2n) is 16.8. The normalized spacial score (nSPS) is 26.6. The molecular weight excluding hydrogens is 842 g/mol. The second-order valence-corrected chi connectivity index (χ2v) is 16.8. The lowest BCUT2D eigenvalue weighted by atomic mass is 9.94. The van der Waals surface area contributed by atoms with Crippen molar-refractivity contribution in [2.45, 2.75) is 216 Å². The summed E-state index contributed by atoms with van der Waals surface area (Å²) in [5, 5.41) is 72.0. The molecule has 2 heterocycles. The minimum Gasteiger partial charge on any atom is -0.481 e. The van der Waals surface area contributed by atoms with E-state index in [0.29, 0.717) is 6.42 Å². The van der Waals surface area contributed by atoms with Crippen LogP contribution in [0.15, 0.2) is 0 Å². The largest absolute Gasteiger partial charge is 0.481 e. The van der Waals surface area contributed by atoms with Gasteiger partial charge in [0.05, 0.1) is 13.2 Å². The summed E-state index contributed by atoms with van der Waals surface area (Å²) >= 11 is 0. The van der Waals surface area contributed by atoms with Gasteiger partial charge >= 0.3 is 5.97 Å². The van der Waals surface area contributed by atoms with Gasteiger partial charge in [0.15, 0.2) is 12.6 Å². The highest BCUT2D eigenvalue weighted by molar-refractivity contribution is 5.92. The van der Waals surface area contributed by atoms with Crippen molar-refractivity contribution in [1.82, 2.24) is 21.3 Å². The third-order valence-corrected chi connectivity index (χ3v) is 11.5. The van der Waals surface area contributed by atoms with Crippen LogP contribution in [0, 0.1) is 0 Å². The number of carbonyl (C=O) groups is 6. The van der Waals surface area contributed by atoms with Crippen LogP contribution in [0.3, 0.4) is 0 Å². The van der Waals surface area contributed by atoms with Crippen molar-refractivity contribution in [3.63, 3.8) is 0 Å². The van der Waals surface area contributed by atoms with Gasteiger partial charge in [-0.15, -0.1) is 0 Å². The molecule has 0 spiro atoms. The predicted octanol–water partition coefficient (Wildman–Crippen LogP) is -0.114. The molecule has 21 heteroatoms. The lowest BCUT2D eigenvalue weighted by molar-refractivity contribution is -0.331. The number of aliphatic hydroxyl groups excluding tert-OH is 5. The van der Waals surface area contributed by atoms with Crippen LogP contribution in [-0.2, 0) is 47.7 Å². The lowest BCUT2D eigenvalue weighted by Gasteiger charge is -2.48. The van der Waals surface area contributed by atoms with Gasteiger partial charge in [-0.3, -0.25) is 28.8 Å². The van der Waals surface area contributed by atoms with Crippen molar-refractivity contribution in [3.05, 3.63) is 0 Å². The Bertz CT molecular complexity index is 1410. The van der Waals surface area contributed by atoms with Crippen molar-refractivity contribution in [3.8, 4) is 0 Å². The van der Waals surface area contributed by atoms with Crippen molar-refractivity contribution >= 4 is 35.5 Å². The van der Waals surface area contributed by atoms with Gasteiger partial charge < -0.3 is 76.6 Å². The van der Waals surface area contributed by atoms with Gasteiger partial charge in [-0.25, -0.2) is 0 Å². The summed E-state index contributed by atoms with van der Waals surface area (Å²) in [6.45, 7) is 2.45. The molecule has 2 fully saturated rings. The zero-order valence-corrected chi connectivity index (χ0v) is 37.8. The van der Waals surface area contributed by atoms with Gasteiger partial charge in [0.1, 0.15) is 67.4 Å². The molecule has 370 valence electrons. The quantitative estimate of drug-likeness (QED) is 0.0383. The Morgan fingerprint density at radius 3 is 1.72 bits per heavy atom. The van der Waals surface area contributed by atoms with Crippen LogP contribution in [0.4, 0.5) is 0 Å². The van der Waals surface area contributed by atoms with Gasteiger partial charge in [-0.05, 0) is 19.3 Å². The average Bonchev–Trinajstić information content (AvgIpc) is 3.25. The molecule has 0 bridgehead atoms. The molecule has 12 N–H and O–H groups in total. The fraction of sp³-hybridized carbons (Fsp3) is 0.860. The molecule has 2 aliphatic rings. The highest BCUT2D eigenvalue weighted by Crippen LogP contribution is 2.30. The molecule has 12 atom stereocenters. The van der Waals surface area contributed by atoms with E-state index in [1.807, 2.05) is 0 Å². The monoisotopic (exact) mass is 920 g/mol. The minimum atomic E-state index is -1.82. The number of primary amides is 1. The first-order valence-electron chi connectivity index (χ1n) is 23.1. The number of hydrogen-bond acceptors (Lipinski definition) is 15. The summed E-state index contributed by atoms with van der Waals surface area (Å²) in [5.41, 5.74) is 5.32. The van der Waals surface area contributed by atoms with E-state index in [4.69, 9.17) is 29.8 Å². The number of carboxylic acid groups (broad SMARTS) is 1. The summed E-state index contributed by atoms with van der Waals surface area (Å²) in [6, 6.07) is -5.49. The Hall–Kier alpha value is -3.54. The number of nitrogens with two attached hydrogens (primary N) is 1. The van der Waals surface area contributed by atoms with E-state index in [-0.39, 0.29) is 19.3 Å². The number of amides is 5. The molecule has 0 aromatic carbocycles. The van der Waals surface area contributed by atoms with Crippen LogP contribution in [0.25, 0.3) is 0 Å². The van der Waals surface area contributed by atoms with E-state index in [1.165, 1.54) is 64.2 Å². The highest BCUT2D eigenvalue weighted by atomic mass is 16.7. The van der Waals surface area contributed by atoms with Crippen LogP contribution in [-0.4, -0.2) is 159 Å².